The third-order valence-electron chi connectivity index (χ3n) is 2.88. The maximum absolute atomic E-state index is 11.2. The van der Waals surface area contributed by atoms with Gasteiger partial charge in [-0.3, -0.25) is 0 Å². The first-order valence-corrected chi connectivity index (χ1v) is 6.44. The summed E-state index contributed by atoms with van der Waals surface area (Å²) in [5.41, 5.74) is 2.96. The van der Waals surface area contributed by atoms with Crippen LogP contribution in [0.3, 0.4) is 0 Å². The van der Waals surface area contributed by atoms with Crippen LogP contribution in [0.5, 0.6) is 0 Å². The van der Waals surface area contributed by atoms with Crippen LogP contribution in [-0.2, 0) is 7.05 Å². The second-order valence-corrected chi connectivity index (χ2v) is 5.24. The molecule has 0 radical (unpaired) electrons. The van der Waals surface area contributed by atoms with Crippen LogP contribution >= 0.6 is 27.5 Å². The maximum atomic E-state index is 11.2. The summed E-state index contributed by atoms with van der Waals surface area (Å²) < 4.78 is 2.28. The van der Waals surface area contributed by atoms with Gasteiger partial charge in [-0.15, -0.1) is 0 Å². The summed E-state index contributed by atoms with van der Waals surface area (Å²) in [7, 11) is 1.74. The Morgan fingerprint density at radius 3 is 2.33 bits per heavy atom. The van der Waals surface area contributed by atoms with Gasteiger partial charge < -0.3 is 9.67 Å². The first-order chi connectivity index (χ1) is 8.43. The Morgan fingerprint density at radius 2 is 1.89 bits per heavy atom. The van der Waals surface area contributed by atoms with Crippen molar-refractivity contribution in [3.05, 3.63) is 45.0 Å². The van der Waals surface area contributed by atoms with Gasteiger partial charge in [-0.05, 0) is 46.1 Å². The molecule has 0 saturated heterocycles. The van der Waals surface area contributed by atoms with Gasteiger partial charge in [0.15, 0.2) is 0 Å². The third-order valence-corrected chi connectivity index (χ3v) is 4.11. The minimum absolute atomic E-state index is 0.248. The lowest BCUT2D eigenvalue weighted by atomic mass is 10.1. The SMILES string of the molecule is Cc1c(Br)c(C(=O)O)n(C)c1-c1ccc(Cl)cc1. The molecule has 5 heteroatoms. The molecule has 1 N–H and O–H groups in total. The molecule has 0 spiro atoms. The number of aromatic carboxylic acids is 1. The van der Waals surface area contributed by atoms with Gasteiger partial charge in [-0.25, -0.2) is 4.79 Å². The van der Waals surface area contributed by atoms with Crippen LogP contribution in [0.15, 0.2) is 28.7 Å². The van der Waals surface area contributed by atoms with Gasteiger partial charge in [0.25, 0.3) is 0 Å². The van der Waals surface area contributed by atoms with Crippen molar-refractivity contribution < 1.29 is 9.90 Å². The van der Waals surface area contributed by atoms with E-state index < -0.39 is 5.97 Å². The average molecular weight is 329 g/mol. The van der Waals surface area contributed by atoms with E-state index in [1.807, 2.05) is 19.1 Å². The minimum atomic E-state index is -0.951. The first kappa shape index (κ1) is 13.2. The van der Waals surface area contributed by atoms with Crippen molar-refractivity contribution in [2.75, 3.05) is 0 Å². The summed E-state index contributed by atoms with van der Waals surface area (Å²) in [4.78, 5) is 11.2. The second-order valence-electron chi connectivity index (χ2n) is 4.01. The molecule has 0 atom stereocenters. The zero-order valence-electron chi connectivity index (χ0n) is 9.87. The van der Waals surface area contributed by atoms with Gasteiger partial charge >= 0.3 is 5.97 Å². The minimum Gasteiger partial charge on any atom is -0.477 e. The van der Waals surface area contributed by atoms with Crippen molar-refractivity contribution in [1.29, 1.82) is 0 Å². The van der Waals surface area contributed by atoms with Crippen LogP contribution in [-0.4, -0.2) is 15.6 Å². The number of aromatic nitrogens is 1. The monoisotopic (exact) mass is 327 g/mol. The number of hydrogen-bond acceptors (Lipinski definition) is 1. The van der Waals surface area contributed by atoms with Crippen molar-refractivity contribution >= 4 is 33.5 Å². The number of benzene rings is 1. The van der Waals surface area contributed by atoms with Gasteiger partial charge in [0, 0.05) is 12.1 Å². The molecule has 3 nitrogen and oxygen atoms in total. The van der Waals surface area contributed by atoms with Gasteiger partial charge in [-0.1, -0.05) is 23.7 Å². The molecule has 0 aliphatic carbocycles. The number of carboxylic acid groups (broad SMARTS) is 1. The Labute approximate surface area is 118 Å². The summed E-state index contributed by atoms with van der Waals surface area (Å²) in [6, 6.07) is 7.33. The molecule has 1 heterocycles. The molecule has 0 bridgehead atoms. The van der Waals surface area contributed by atoms with Gasteiger partial charge in [0.2, 0.25) is 0 Å². The molecular formula is C13H11BrClNO2. The predicted octanol–water partition coefficient (Wildman–Crippen LogP) is 4.11. The van der Waals surface area contributed by atoms with E-state index in [2.05, 4.69) is 15.9 Å². The van der Waals surface area contributed by atoms with Crippen LogP contribution in [0.1, 0.15) is 16.1 Å². The van der Waals surface area contributed by atoms with Crippen molar-refractivity contribution in [3.63, 3.8) is 0 Å². The Balaban J connectivity index is 2.69. The zero-order valence-corrected chi connectivity index (χ0v) is 12.2. The molecule has 94 valence electrons. The molecule has 0 aliphatic heterocycles. The van der Waals surface area contributed by atoms with Crippen LogP contribution in [0.25, 0.3) is 11.3 Å². The van der Waals surface area contributed by atoms with Gasteiger partial charge in [0.1, 0.15) is 5.69 Å². The second kappa shape index (κ2) is 4.78. The van der Waals surface area contributed by atoms with Crippen molar-refractivity contribution in [2.45, 2.75) is 6.92 Å². The van der Waals surface area contributed by atoms with Gasteiger partial charge in [0.05, 0.1) is 10.2 Å². The molecule has 2 aromatic rings. The molecule has 0 saturated carbocycles. The number of nitrogens with zero attached hydrogens (tertiary/aromatic N) is 1. The van der Waals surface area contributed by atoms with E-state index in [4.69, 9.17) is 11.6 Å². The number of rotatable bonds is 2. The molecule has 1 aromatic carbocycles. The predicted molar refractivity (Wildman–Crippen MR) is 75.3 cm³/mol. The normalized spacial score (nSPS) is 10.7. The lowest BCUT2D eigenvalue weighted by molar-refractivity contribution is 0.0685. The zero-order chi connectivity index (χ0) is 13.4. The summed E-state index contributed by atoms with van der Waals surface area (Å²) in [6.07, 6.45) is 0. The van der Waals surface area contributed by atoms with E-state index in [-0.39, 0.29) is 5.69 Å². The number of carbonyl (C=O) groups is 1. The molecule has 0 fully saturated rings. The van der Waals surface area contributed by atoms with Crippen LogP contribution < -0.4 is 0 Å². The van der Waals surface area contributed by atoms with Gasteiger partial charge in [-0.2, -0.15) is 0 Å². The molecular weight excluding hydrogens is 318 g/mol. The fourth-order valence-corrected chi connectivity index (χ4v) is 2.80. The Bertz CT molecular complexity index is 617. The lowest BCUT2D eigenvalue weighted by Crippen LogP contribution is -2.05. The standard InChI is InChI=1S/C13H11BrClNO2/c1-7-10(14)12(13(17)18)16(2)11(7)8-3-5-9(15)6-4-8/h3-6H,1-2H3,(H,17,18). The average Bonchev–Trinajstić information content (AvgIpc) is 2.52. The fraction of sp³-hybridized carbons (Fsp3) is 0.154. The Hall–Kier alpha value is -1.26. The van der Waals surface area contributed by atoms with E-state index in [0.29, 0.717) is 9.50 Å². The smallest absolute Gasteiger partial charge is 0.353 e. The molecule has 1 aromatic heterocycles. The number of halogens is 2. The highest BCUT2D eigenvalue weighted by atomic mass is 79.9. The van der Waals surface area contributed by atoms with Crippen LogP contribution in [0.4, 0.5) is 0 Å². The topological polar surface area (TPSA) is 42.2 Å². The third kappa shape index (κ3) is 2.06. The van der Waals surface area contributed by atoms with Crippen molar-refractivity contribution in [2.24, 2.45) is 7.05 Å². The van der Waals surface area contributed by atoms with Crippen molar-refractivity contribution in [3.8, 4) is 11.3 Å². The molecule has 2 rings (SSSR count). The van der Waals surface area contributed by atoms with Crippen molar-refractivity contribution in [1.82, 2.24) is 4.57 Å². The summed E-state index contributed by atoms with van der Waals surface area (Å²) in [5, 5.41) is 9.86. The van der Waals surface area contributed by atoms with E-state index >= 15 is 0 Å². The highest BCUT2D eigenvalue weighted by Gasteiger charge is 2.21. The number of carboxylic acids is 1. The largest absolute Gasteiger partial charge is 0.477 e. The van der Waals surface area contributed by atoms with E-state index in [9.17, 15) is 9.90 Å². The summed E-state index contributed by atoms with van der Waals surface area (Å²) >= 11 is 9.19. The molecule has 0 aliphatic rings. The van der Waals surface area contributed by atoms with Crippen LogP contribution in [0, 0.1) is 6.92 Å². The quantitative estimate of drug-likeness (QED) is 0.901. The van der Waals surface area contributed by atoms with E-state index in [1.54, 1.807) is 23.7 Å². The molecule has 0 unspecified atom stereocenters. The number of hydrogen-bond donors (Lipinski definition) is 1. The summed E-state index contributed by atoms with van der Waals surface area (Å²) in [5.74, 6) is -0.951. The van der Waals surface area contributed by atoms with Crippen LogP contribution in [0.2, 0.25) is 5.02 Å². The molecule has 18 heavy (non-hydrogen) atoms. The van der Waals surface area contributed by atoms with E-state index in [0.717, 1.165) is 16.8 Å². The Kier molecular flexibility index (Phi) is 3.50. The highest BCUT2D eigenvalue weighted by molar-refractivity contribution is 9.10. The highest BCUT2D eigenvalue weighted by Crippen LogP contribution is 2.34. The van der Waals surface area contributed by atoms with E-state index in [1.165, 1.54) is 0 Å². The summed E-state index contributed by atoms with van der Waals surface area (Å²) in [6.45, 7) is 1.89. The first-order valence-electron chi connectivity index (χ1n) is 5.27. The molecule has 0 amide bonds. The fourth-order valence-electron chi connectivity index (χ4n) is 2.05. The lowest BCUT2D eigenvalue weighted by Gasteiger charge is -2.06. The Morgan fingerprint density at radius 1 is 1.33 bits per heavy atom. The maximum Gasteiger partial charge on any atom is 0.353 e.